The zero-order valence-corrected chi connectivity index (χ0v) is 9.97. The molecule has 2 rings (SSSR count). The van der Waals surface area contributed by atoms with Crippen molar-refractivity contribution < 1.29 is 9.84 Å². The molecule has 1 aromatic heterocycles. The van der Waals surface area contributed by atoms with Crippen LogP contribution in [-0.4, -0.2) is 10.1 Å². The van der Waals surface area contributed by atoms with Gasteiger partial charge in [-0.3, -0.25) is 0 Å². The van der Waals surface area contributed by atoms with Gasteiger partial charge in [0.25, 0.3) is 0 Å². The van der Waals surface area contributed by atoms with E-state index in [0.717, 1.165) is 11.3 Å². The molecule has 0 radical (unpaired) electrons. The lowest BCUT2D eigenvalue weighted by Gasteiger charge is -2.10. The maximum Gasteiger partial charge on any atom is 0.224 e. The first-order chi connectivity index (χ1) is 8.20. The molecule has 0 spiro atoms. The van der Waals surface area contributed by atoms with E-state index in [-0.39, 0.29) is 6.61 Å². The minimum absolute atomic E-state index is 0.0753. The Morgan fingerprint density at radius 3 is 2.76 bits per heavy atom. The monoisotopic (exact) mass is 229 g/mol. The number of pyridine rings is 1. The third-order valence-corrected chi connectivity index (χ3v) is 2.56. The Kier molecular flexibility index (Phi) is 3.40. The van der Waals surface area contributed by atoms with Crippen molar-refractivity contribution in [3.63, 3.8) is 0 Å². The Labute approximate surface area is 101 Å². The van der Waals surface area contributed by atoms with E-state index < -0.39 is 0 Å². The van der Waals surface area contributed by atoms with Crippen LogP contribution in [-0.2, 0) is 6.61 Å². The van der Waals surface area contributed by atoms with Gasteiger partial charge in [0.05, 0.1) is 6.61 Å². The van der Waals surface area contributed by atoms with E-state index in [2.05, 4.69) is 11.1 Å². The van der Waals surface area contributed by atoms with E-state index in [0.29, 0.717) is 11.4 Å². The summed E-state index contributed by atoms with van der Waals surface area (Å²) >= 11 is 0. The van der Waals surface area contributed by atoms with Gasteiger partial charge >= 0.3 is 0 Å². The van der Waals surface area contributed by atoms with Gasteiger partial charge in [-0.2, -0.15) is 0 Å². The first-order valence-electron chi connectivity index (χ1n) is 5.50. The molecule has 0 saturated carbocycles. The highest BCUT2D eigenvalue weighted by Crippen LogP contribution is 2.26. The summed E-state index contributed by atoms with van der Waals surface area (Å²) in [6.45, 7) is 3.95. The van der Waals surface area contributed by atoms with Gasteiger partial charge in [-0.1, -0.05) is 17.7 Å². The molecular weight excluding hydrogens is 214 g/mol. The quantitative estimate of drug-likeness (QED) is 0.879. The number of rotatable bonds is 3. The summed E-state index contributed by atoms with van der Waals surface area (Å²) in [6.07, 6.45) is 1.65. The fraction of sp³-hybridized carbons (Fsp3) is 0.214. The van der Waals surface area contributed by atoms with Crippen LogP contribution in [0.3, 0.4) is 0 Å². The van der Waals surface area contributed by atoms with Crippen LogP contribution in [0.15, 0.2) is 36.5 Å². The lowest BCUT2D eigenvalue weighted by atomic mass is 10.1. The molecule has 3 nitrogen and oxygen atoms in total. The average Bonchev–Trinajstić information content (AvgIpc) is 2.33. The van der Waals surface area contributed by atoms with Crippen LogP contribution in [0.1, 0.15) is 16.7 Å². The van der Waals surface area contributed by atoms with Gasteiger partial charge in [0.1, 0.15) is 5.75 Å². The van der Waals surface area contributed by atoms with Crippen molar-refractivity contribution in [3.05, 3.63) is 53.2 Å². The molecule has 0 aliphatic rings. The second-order valence-electron chi connectivity index (χ2n) is 4.00. The second kappa shape index (κ2) is 4.97. The van der Waals surface area contributed by atoms with Gasteiger partial charge in [0.2, 0.25) is 5.88 Å². The van der Waals surface area contributed by atoms with E-state index >= 15 is 0 Å². The Balaban J connectivity index is 2.31. The molecule has 0 saturated heterocycles. The van der Waals surface area contributed by atoms with Crippen molar-refractivity contribution in [2.45, 2.75) is 20.5 Å². The van der Waals surface area contributed by atoms with Crippen LogP contribution in [0.4, 0.5) is 0 Å². The summed E-state index contributed by atoms with van der Waals surface area (Å²) in [5.41, 5.74) is 2.94. The number of nitrogens with zero attached hydrogens (tertiary/aromatic N) is 1. The van der Waals surface area contributed by atoms with Gasteiger partial charge < -0.3 is 9.84 Å². The SMILES string of the molecule is Cc1ccc(Oc2ncccc2CO)c(C)c1. The molecular formula is C14H15NO2. The molecule has 0 bridgehead atoms. The molecule has 0 fully saturated rings. The number of aryl methyl sites for hydroxylation is 2. The summed E-state index contributed by atoms with van der Waals surface area (Å²) in [5.74, 6) is 1.23. The predicted molar refractivity (Wildman–Crippen MR) is 66.1 cm³/mol. The summed E-state index contributed by atoms with van der Waals surface area (Å²) < 4.78 is 5.72. The molecule has 0 aliphatic heterocycles. The van der Waals surface area contributed by atoms with Crippen molar-refractivity contribution in [2.24, 2.45) is 0 Å². The fourth-order valence-electron chi connectivity index (χ4n) is 1.65. The van der Waals surface area contributed by atoms with Crippen molar-refractivity contribution in [3.8, 4) is 11.6 Å². The number of aliphatic hydroxyl groups is 1. The fourth-order valence-corrected chi connectivity index (χ4v) is 1.65. The molecule has 17 heavy (non-hydrogen) atoms. The van der Waals surface area contributed by atoms with E-state index in [4.69, 9.17) is 4.74 Å². The zero-order chi connectivity index (χ0) is 12.3. The van der Waals surface area contributed by atoms with Gasteiger partial charge in [-0.25, -0.2) is 4.98 Å². The maximum absolute atomic E-state index is 9.19. The van der Waals surface area contributed by atoms with Crippen LogP contribution in [0.5, 0.6) is 11.6 Å². The normalized spacial score (nSPS) is 10.3. The van der Waals surface area contributed by atoms with Crippen molar-refractivity contribution in [2.75, 3.05) is 0 Å². The van der Waals surface area contributed by atoms with Crippen LogP contribution >= 0.6 is 0 Å². The van der Waals surface area contributed by atoms with E-state index in [1.54, 1.807) is 18.3 Å². The van der Waals surface area contributed by atoms with E-state index in [9.17, 15) is 5.11 Å². The lowest BCUT2D eigenvalue weighted by molar-refractivity contribution is 0.275. The number of aromatic nitrogens is 1. The highest BCUT2D eigenvalue weighted by Gasteiger charge is 2.06. The molecule has 0 unspecified atom stereocenters. The Morgan fingerprint density at radius 1 is 1.24 bits per heavy atom. The zero-order valence-electron chi connectivity index (χ0n) is 9.97. The summed E-state index contributed by atoms with van der Waals surface area (Å²) in [7, 11) is 0. The first kappa shape index (κ1) is 11.6. The number of aliphatic hydroxyl groups excluding tert-OH is 1. The highest BCUT2D eigenvalue weighted by atomic mass is 16.5. The third kappa shape index (κ3) is 2.63. The number of benzene rings is 1. The predicted octanol–water partition coefficient (Wildman–Crippen LogP) is 2.98. The number of ether oxygens (including phenoxy) is 1. The van der Waals surface area contributed by atoms with Crippen LogP contribution in [0.25, 0.3) is 0 Å². The Bertz CT molecular complexity index is 523. The molecule has 88 valence electrons. The molecule has 0 amide bonds. The largest absolute Gasteiger partial charge is 0.438 e. The molecule has 0 atom stereocenters. The maximum atomic E-state index is 9.19. The van der Waals surface area contributed by atoms with Gasteiger partial charge in [0, 0.05) is 11.8 Å². The van der Waals surface area contributed by atoms with E-state index in [1.807, 2.05) is 26.0 Å². The van der Waals surface area contributed by atoms with Crippen molar-refractivity contribution in [1.29, 1.82) is 0 Å². The van der Waals surface area contributed by atoms with Gasteiger partial charge in [-0.05, 0) is 37.6 Å². The van der Waals surface area contributed by atoms with Crippen LogP contribution in [0, 0.1) is 13.8 Å². The summed E-state index contributed by atoms with van der Waals surface area (Å²) in [5, 5.41) is 9.19. The topological polar surface area (TPSA) is 42.4 Å². The molecule has 2 aromatic rings. The smallest absolute Gasteiger partial charge is 0.224 e. The second-order valence-corrected chi connectivity index (χ2v) is 4.00. The lowest BCUT2D eigenvalue weighted by Crippen LogP contribution is -1.95. The summed E-state index contributed by atoms with van der Waals surface area (Å²) in [4.78, 5) is 4.13. The molecule has 1 N–H and O–H groups in total. The number of hydrogen-bond acceptors (Lipinski definition) is 3. The summed E-state index contributed by atoms with van der Waals surface area (Å²) in [6, 6.07) is 9.54. The Hall–Kier alpha value is -1.87. The average molecular weight is 229 g/mol. The van der Waals surface area contributed by atoms with E-state index in [1.165, 1.54) is 5.56 Å². The molecule has 1 heterocycles. The highest BCUT2D eigenvalue weighted by molar-refractivity contribution is 5.39. The minimum Gasteiger partial charge on any atom is -0.438 e. The molecule has 3 heteroatoms. The third-order valence-electron chi connectivity index (χ3n) is 2.56. The van der Waals surface area contributed by atoms with Crippen LogP contribution in [0.2, 0.25) is 0 Å². The minimum atomic E-state index is -0.0753. The Morgan fingerprint density at radius 2 is 2.06 bits per heavy atom. The molecule has 1 aromatic carbocycles. The van der Waals surface area contributed by atoms with Crippen LogP contribution < -0.4 is 4.74 Å². The first-order valence-corrected chi connectivity index (χ1v) is 5.50. The van der Waals surface area contributed by atoms with Crippen molar-refractivity contribution >= 4 is 0 Å². The van der Waals surface area contributed by atoms with Crippen molar-refractivity contribution in [1.82, 2.24) is 4.98 Å². The molecule has 0 aliphatic carbocycles. The number of hydrogen-bond donors (Lipinski definition) is 1. The van der Waals surface area contributed by atoms with Gasteiger partial charge in [-0.15, -0.1) is 0 Å². The standard InChI is InChI=1S/C14H15NO2/c1-10-5-6-13(11(2)8-10)17-14-12(9-16)4-3-7-15-14/h3-8,16H,9H2,1-2H3. The van der Waals surface area contributed by atoms with Gasteiger partial charge in [0.15, 0.2) is 0 Å².